The van der Waals surface area contributed by atoms with Crippen molar-refractivity contribution < 1.29 is 4.79 Å². The van der Waals surface area contributed by atoms with Gasteiger partial charge in [0.15, 0.2) is 11.4 Å². The van der Waals surface area contributed by atoms with Crippen LogP contribution in [0.15, 0.2) is 18.2 Å². The number of aryl methyl sites for hydroxylation is 2. The molecule has 4 rings (SSSR count). The van der Waals surface area contributed by atoms with Crippen molar-refractivity contribution >= 4 is 11.6 Å². The molecule has 6 heteroatoms. The molecule has 28 heavy (non-hydrogen) atoms. The van der Waals surface area contributed by atoms with Crippen LogP contribution in [0.5, 0.6) is 0 Å². The summed E-state index contributed by atoms with van der Waals surface area (Å²) in [5.74, 6) is -0.0756. The monoisotopic (exact) mass is 371 g/mol. The number of hydrogen-bond donors (Lipinski definition) is 1. The zero-order valence-electron chi connectivity index (χ0n) is 16.4. The molecule has 2 atom stereocenters. The minimum absolute atomic E-state index is 0.0108. The van der Waals surface area contributed by atoms with E-state index in [0.717, 1.165) is 23.2 Å². The maximum absolute atomic E-state index is 13.6. The molecule has 0 aliphatic heterocycles. The van der Waals surface area contributed by atoms with Crippen molar-refractivity contribution in [1.29, 1.82) is 10.5 Å². The van der Waals surface area contributed by atoms with Crippen LogP contribution in [-0.2, 0) is 10.2 Å². The third-order valence-electron chi connectivity index (χ3n) is 6.67. The maximum atomic E-state index is 13.6. The first kappa shape index (κ1) is 18.1. The van der Waals surface area contributed by atoms with Gasteiger partial charge in [-0.1, -0.05) is 31.5 Å². The molecule has 0 saturated heterocycles. The Bertz CT molecular complexity index is 1110. The van der Waals surface area contributed by atoms with Gasteiger partial charge in [0.1, 0.15) is 12.1 Å². The Labute approximate surface area is 164 Å². The fourth-order valence-corrected chi connectivity index (χ4v) is 5.10. The average Bonchev–Trinajstić information content (AvgIpc) is 3.04. The molecule has 1 amide bonds. The van der Waals surface area contributed by atoms with Crippen LogP contribution in [0.25, 0.3) is 0 Å². The van der Waals surface area contributed by atoms with Gasteiger partial charge in [0.2, 0.25) is 5.91 Å². The van der Waals surface area contributed by atoms with Crippen LogP contribution in [-0.4, -0.2) is 15.9 Å². The Hall–Kier alpha value is -3.25. The molecule has 1 aromatic carbocycles. The van der Waals surface area contributed by atoms with Gasteiger partial charge in [0, 0.05) is 11.6 Å². The summed E-state index contributed by atoms with van der Waals surface area (Å²) >= 11 is 0. The molecule has 2 aliphatic carbocycles. The van der Waals surface area contributed by atoms with Crippen molar-refractivity contribution in [3.8, 4) is 12.1 Å². The van der Waals surface area contributed by atoms with E-state index in [-0.39, 0.29) is 23.2 Å². The van der Waals surface area contributed by atoms with E-state index >= 15 is 0 Å². The second-order valence-electron chi connectivity index (χ2n) is 8.37. The van der Waals surface area contributed by atoms with Gasteiger partial charge in [-0.05, 0) is 43.7 Å². The molecule has 1 fully saturated rings. The fraction of sp³-hybridized carbons (Fsp3) is 0.409. The Kier molecular flexibility index (Phi) is 3.80. The quantitative estimate of drug-likeness (QED) is 0.868. The Balaban J connectivity index is 1.85. The molecule has 1 heterocycles. The van der Waals surface area contributed by atoms with E-state index in [1.807, 2.05) is 44.2 Å². The van der Waals surface area contributed by atoms with Crippen LogP contribution >= 0.6 is 0 Å². The number of amides is 1. The summed E-state index contributed by atoms with van der Waals surface area (Å²) in [5, 5.41) is 21.8. The zero-order chi connectivity index (χ0) is 20.3. The Morgan fingerprint density at radius 3 is 2.50 bits per heavy atom. The summed E-state index contributed by atoms with van der Waals surface area (Å²) in [6.07, 6.45) is 1.46. The number of carbonyl (C=O) groups excluding carboxylic acids is 1. The summed E-state index contributed by atoms with van der Waals surface area (Å²) in [4.78, 5) is 22.6. The van der Waals surface area contributed by atoms with Crippen molar-refractivity contribution in [2.24, 2.45) is 5.41 Å². The van der Waals surface area contributed by atoms with E-state index in [2.05, 4.69) is 29.1 Å². The van der Waals surface area contributed by atoms with Crippen molar-refractivity contribution in [3.63, 3.8) is 0 Å². The first-order chi connectivity index (χ1) is 13.3. The minimum Gasteiger partial charge on any atom is -0.325 e. The standard InChI is InChI=1S/C22H21N5O/c1-12-5-6-15(13(2)9-12)27-20(28)22-8-7-14(21(22,3)4)18-19(22)26-17(11-24)16(10-23)25-18/h5-6,9,14H,7-8H2,1-4H3,(H,27,28). The normalized spacial score (nSPS) is 23.6. The topological polar surface area (TPSA) is 102 Å². The van der Waals surface area contributed by atoms with Crippen LogP contribution in [0.3, 0.4) is 0 Å². The average molecular weight is 371 g/mol. The molecule has 0 radical (unpaired) electrons. The molecular weight excluding hydrogens is 350 g/mol. The molecule has 2 aromatic rings. The molecule has 0 spiro atoms. The van der Waals surface area contributed by atoms with Crippen LogP contribution in [0, 0.1) is 41.9 Å². The predicted octanol–water partition coefficient (Wildman–Crippen LogP) is 3.63. The van der Waals surface area contributed by atoms with E-state index in [4.69, 9.17) is 0 Å². The highest BCUT2D eigenvalue weighted by molar-refractivity contribution is 6.01. The number of rotatable bonds is 2. The highest BCUT2D eigenvalue weighted by Gasteiger charge is 2.68. The number of nitrogens with one attached hydrogen (secondary N) is 1. The molecule has 1 aromatic heterocycles. The van der Waals surface area contributed by atoms with Gasteiger partial charge in [-0.2, -0.15) is 10.5 Å². The fourth-order valence-electron chi connectivity index (χ4n) is 5.10. The van der Waals surface area contributed by atoms with E-state index in [9.17, 15) is 15.3 Å². The molecule has 2 bridgehead atoms. The second-order valence-corrected chi connectivity index (χ2v) is 8.37. The Morgan fingerprint density at radius 2 is 1.86 bits per heavy atom. The highest BCUT2D eigenvalue weighted by Crippen LogP contribution is 2.67. The van der Waals surface area contributed by atoms with Crippen molar-refractivity contribution in [2.75, 3.05) is 5.32 Å². The van der Waals surface area contributed by atoms with Gasteiger partial charge in [-0.3, -0.25) is 4.79 Å². The Morgan fingerprint density at radius 1 is 1.18 bits per heavy atom. The lowest BCUT2D eigenvalue weighted by molar-refractivity contribution is -0.124. The van der Waals surface area contributed by atoms with E-state index in [1.54, 1.807) is 0 Å². The lowest BCUT2D eigenvalue weighted by Crippen LogP contribution is -2.47. The number of carbonyl (C=O) groups is 1. The zero-order valence-corrected chi connectivity index (χ0v) is 16.4. The van der Waals surface area contributed by atoms with E-state index in [1.165, 1.54) is 0 Å². The van der Waals surface area contributed by atoms with Gasteiger partial charge in [-0.25, -0.2) is 9.97 Å². The van der Waals surface area contributed by atoms with E-state index in [0.29, 0.717) is 17.8 Å². The number of anilines is 1. The summed E-state index contributed by atoms with van der Waals surface area (Å²) in [7, 11) is 0. The van der Waals surface area contributed by atoms with E-state index < -0.39 is 10.8 Å². The SMILES string of the molecule is Cc1ccc(NC(=O)C23CCC(c4nc(C#N)c(C#N)nc42)C3(C)C)c(C)c1. The summed E-state index contributed by atoms with van der Waals surface area (Å²) in [6.45, 7) is 8.11. The predicted molar refractivity (Wildman–Crippen MR) is 103 cm³/mol. The lowest BCUT2D eigenvalue weighted by atomic mass is 9.67. The van der Waals surface area contributed by atoms with Crippen molar-refractivity contribution in [1.82, 2.24) is 9.97 Å². The van der Waals surface area contributed by atoms with Gasteiger partial charge in [-0.15, -0.1) is 0 Å². The van der Waals surface area contributed by atoms with Crippen LogP contribution in [0.2, 0.25) is 0 Å². The number of fused-ring (bicyclic) bond motifs is 5. The highest BCUT2D eigenvalue weighted by atomic mass is 16.2. The number of nitriles is 2. The van der Waals surface area contributed by atoms with Gasteiger partial charge >= 0.3 is 0 Å². The second kappa shape index (κ2) is 5.87. The number of hydrogen-bond acceptors (Lipinski definition) is 5. The first-order valence-corrected chi connectivity index (χ1v) is 9.37. The lowest BCUT2D eigenvalue weighted by Gasteiger charge is -2.36. The first-order valence-electron chi connectivity index (χ1n) is 9.37. The van der Waals surface area contributed by atoms with Crippen molar-refractivity contribution in [2.45, 2.75) is 51.9 Å². The van der Waals surface area contributed by atoms with Crippen LogP contribution in [0.4, 0.5) is 5.69 Å². The third kappa shape index (κ3) is 2.15. The minimum atomic E-state index is -0.864. The van der Waals surface area contributed by atoms with Crippen LogP contribution in [0.1, 0.15) is 66.5 Å². The smallest absolute Gasteiger partial charge is 0.237 e. The number of benzene rings is 1. The number of nitrogens with zero attached hydrogens (tertiary/aromatic N) is 4. The van der Waals surface area contributed by atoms with Gasteiger partial charge < -0.3 is 5.32 Å². The molecule has 6 nitrogen and oxygen atoms in total. The molecule has 140 valence electrons. The summed E-state index contributed by atoms with van der Waals surface area (Å²) < 4.78 is 0. The molecule has 1 saturated carbocycles. The summed E-state index contributed by atoms with van der Waals surface area (Å²) in [5.41, 5.74) is 2.93. The third-order valence-corrected chi connectivity index (χ3v) is 6.67. The summed E-state index contributed by atoms with van der Waals surface area (Å²) in [6, 6.07) is 9.84. The molecule has 1 N–H and O–H groups in total. The van der Waals surface area contributed by atoms with Crippen LogP contribution < -0.4 is 5.32 Å². The van der Waals surface area contributed by atoms with Gasteiger partial charge in [0.25, 0.3) is 0 Å². The molecule has 2 unspecified atom stereocenters. The number of aromatic nitrogens is 2. The van der Waals surface area contributed by atoms with Crippen molar-refractivity contribution in [3.05, 3.63) is 52.1 Å². The molecular formula is C22H21N5O. The largest absolute Gasteiger partial charge is 0.325 e. The van der Waals surface area contributed by atoms with Gasteiger partial charge in [0.05, 0.1) is 16.8 Å². The maximum Gasteiger partial charge on any atom is 0.237 e. The molecule has 2 aliphatic rings.